The van der Waals surface area contributed by atoms with E-state index in [2.05, 4.69) is 4.98 Å². The van der Waals surface area contributed by atoms with Crippen molar-refractivity contribution >= 4 is 29.5 Å². The first kappa shape index (κ1) is 14.5. The zero-order valence-corrected chi connectivity index (χ0v) is 11.9. The van der Waals surface area contributed by atoms with E-state index in [1.807, 2.05) is 0 Å². The molecule has 0 radical (unpaired) electrons. The Morgan fingerprint density at radius 1 is 1.50 bits per heavy atom. The fourth-order valence-corrected chi connectivity index (χ4v) is 3.15. The Kier molecular flexibility index (Phi) is 4.08. The predicted octanol–water partition coefficient (Wildman–Crippen LogP) is 1.41. The maximum atomic E-state index is 12.2. The number of rotatable bonds is 4. The number of hydrogen-bond acceptors (Lipinski definition) is 5. The molecule has 6 nitrogen and oxygen atoms in total. The van der Waals surface area contributed by atoms with E-state index in [0.717, 1.165) is 11.8 Å². The van der Waals surface area contributed by atoms with Gasteiger partial charge in [-0.25, -0.2) is 9.78 Å². The molecule has 1 atom stereocenters. The number of carbonyl (C=O) groups excluding carboxylic acids is 2. The van der Waals surface area contributed by atoms with Crippen LogP contribution < -0.4 is 0 Å². The van der Waals surface area contributed by atoms with E-state index in [-0.39, 0.29) is 34.9 Å². The van der Waals surface area contributed by atoms with Crippen molar-refractivity contribution in [2.75, 3.05) is 0 Å². The molecule has 1 saturated heterocycles. The number of aromatic carboxylic acids is 1. The molecule has 2 heterocycles. The van der Waals surface area contributed by atoms with Gasteiger partial charge in [-0.15, -0.1) is 0 Å². The highest BCUT2D eigenvalue weighted by molar-refractivity contribution is 8.00. The first-order chi connectivity index (χ1) is 9.41. The first-order valence-corrected chi connectivity index (χ1v) is 7.00. The second-order valence-corrected chi connectivity index (χ2v) is 5.86. The van der Waals surface area contributed by atoms with Crippen molar-refractivity contribution in [3.05, 3.63) is 23.9 Å². The second kappa shape index (κ2) is 5.62. The van der Waals surface area contributed by atoms with Gasteiger partial charge in [-0.3, -0.25) is 14.5 Å². The van der Waals surface area contributed by atoms with Crippen LogP contribution in [0.1, 0.15) is 30.6 Å². The van der Waals surface area contributed by atoms with Gasteiger partial charge in [-0.2, -0.15) is 0 Å². The normalized spacial score (nSPS) is 18.9. The van der Waals surface area contributed by atoms with Crippen LogP contribution in [-0.2, 0) is 9.59 Å². The van der Waals surface area contributed by atoms with Crippen LogP contribution in [0.15, 0.2) is 23.4 Å². The molecule has 1 unspecified atom stereocenters. The fourth-order valence-electron chi connectivity index (χ4n) is 2.04. The van der Waals surface area contributed by atoms with Crippen molar-refractivity contribution in [2.24, 2.45) is 0 Å². The molecule has 0 bridgehead atoms. The third-order valence-corrected chi connectivity index (χ3v) is 4.11. The number of likely N-dealkylation sites (tertiary alicyclic amines) is 1. The summed E-state index contributed by atoms with van der Waals surface area (Å²) in [5.74, 6) is -1.61. The highest BCUT2D eigenvalue weighted by Gasteiger charge is 2.41. The molecule has 0 saturated carbocycles. The number of carbonyl (C=O) groups is 3. The number of pyridine rings is 1. The van der Waals surface area contributed by atoms with Crippen LogP contribution in [0.4, 0.5) is 0 Å². The molecule has 1 aliphatic heterocycles. The Hall–Kier alpha value is -1.89. The Bertz CT molecular complexity index is 573. The van der Waals surface area contributed by atoms with E-state index in [0.29, 0.717) is 0 Å². The summed E-state index contributed by atoms with van der Waals surface area (Å²) in [4.78, 5) is 40.3. The molecule has 0 aromatic carbocycles. The molecular formula is C13H14N2O4S. The zero-order valence-electron chi connectivity index (χ0n) is 11.1. The van der Waals surface area contributed by atoms with E-state index in [1.165, 1.54) is 23.2 Å². The van der Waals surface area contributed by atoms with Crippen molar-refractivity contribution in [3.63, 3.8) is 0 Å². The quantitative estimate of drug-likeness (QED) is 0.845. The summed E-state index contributed by atoms with van der Waals surface area (Å²) in [6.45, 7) is 3.54. The molecule has 1 aliphatic rings. The molecule has 1 aromatic heterocycles. The molecule has 0 spiro atoms. The highest BCUT2D eigenvalue weighted by atomic mass is 32.2. The van der Waals surface area contributed by atoms with Gasteiger partial charge in [-0.1, -0.05) is 11.8 Å². The number of amides is 2. The topological polar surface area (TPSA) is 87.6 Å². The van der Waals surface area contributed by atoms with Gasteiger partial charge in [-0.05, 0) is 26.0 Å². The lowest BCUT2D eigenvalue weighted by Gasteiger charge is -2.18. The van der Waals surface area contributed by atoms with Crippen LogP contribution >= 0.6 is 11.8 Å². The molecule has 7 heteroatoms. The molecular weight excluding hydrogens is 280 g/mol. The van der Waals surface area contributed by atoms with Gasteiger partial charge < -0.3 is 5.11 Å². The van der Waals surface area contributed by atoms with Gasteiger partial charge in [0, 0.05) is 18.7 Å². The smallest absolute Gasteiger partial charge is 0.338 e. The first-order valence-electron chi connectivity index (χ1n) is 6.12. The standard InChI is InChI=1S/C13H14N2O4S/c1-7(2)15-10(16)6-9(12(15)17)20-11-8(13(18)19)4-3-5-14-11/h3-5,7,9H,6H2,1-2H3,(H,18,19). The highest BCUT2D eigenvalue weighted by Crippen LogP contribution is 2.32. The van der Waals surface area contributed by atoms with E-state index in [1.54, 1.807) is 13.8 Å². The third-order valence-electron chi connectivity index (χ3n) is 2.91. The number of aromatic nitrogens is 1. The van der Waals surface area contributed by atoms with Gasteiger partial charge >= 0.3 is 5.97 Å². The minimum atomic E-state index is -1.10. The average molecular weight is 294 g/mol. The summed E-state index contributed by atoms with van der Waals surface area (Å²) >= 11 is 1.04. The number of nitrogens with zero attached hydrogens (tertiary/aromatic N) is 2. The number of carboxylic acids is 1. The van der Waals surface area contributed by atoms with Crippen LogP contribution in [0.25, 0.3) is 0 Å². The molecule has 2 amide bonds. The summed E-state index contributed by atoms with van der Waals surface area (Å²) < 4.78 is 0. The molecule has 106 valence electrons. The zero-order chi connectivity index (χ0) is 14.9. The lowest BCUT2D eigenvalue weighted by atomic mass is 10.3. The minimum Gasteiger partial charge on any atom is -0.478 e. The van der Waals surface area contributed by atoms with Crippen LogP contribution in [0, 0.1) is 0 Å². The van der Waals surface area contributed by atoms with Gasteiger partial charge in [0.05, 0.1) is 10.8 Å². The van der Waals surface area contributed by atoms with Gasteiger partial charge in [0.1, 0.15) is 5.03 Å². The maximum absolute atomic E-state index is 12.2. The monoisotopic (exact) mass is 294 g/mol. The SMILES string of the molecule is CC(C)N1C(=O)CC(Sc2ncccc2C(=O)O)C1=O. The average Bonchev–Trinajstić information content (AvgIpc) is 2.64. The molecule has 2 rings (SSSR count). The molecule has 20 heavy (non-hydrogen) atoms. The predicted molar refractivity (Wildman–Crippen MR) is 72.4 cm³/mol. The van der Waals surface area contributed by atoms with Gasteiger partial charge in [0.25, 0.3) is 0 Å². The van der Waals surface area contributed by atoms with Crippen molar-refractivity contribution in [1.29, 1.82) is 0 Å². The van der Waals surface area contributed by atoms with Crippen LogP contribution in [0.5, 0.6) is 0 Å². The van der Waals surface area contributed by atoms with Crippen molar-refractivity contribution in [1.82, 2.24) is 9.88 Å². The third kappa shape index (κ3) is 2.67. The van der Waals surface area contributed by atoms with Crippen LogP contribution in [-0.4, -0.2) is 44.1 Å². The fraction of sp³-hybridized carbons (Fsp3) is 0.385. The Morgan fingerprint density at radius 3 is 2.75 bits per heavy atom. The molecule has 0 aliphatic carbocycles. The van der Waals surface area contributed by atoms with Gasteiger partial charge in [0.2, 0.25) is 11.8 Å². The molecule has 1 aromatic rings. The lowest BCUT2D eigenvalue weighted by Crippen LogP contribution is -2.37. The van der Waals surface area contributed by atoms with Crippen molar-refractivity contribution in [2.45, 2.75) is 36.6 Å². The van der Waals surface area contributed by atoms with Crippen molar-refractivity contribution < 1.29 is 19.5 Å². The number of imide groups is 1. The summed E-state index contributed by atoms with van der Waals surface area (Å²) in [5, 5.41) is 8.74. The maximum Gasteiger partial charge on any atom is 0.338 e. The Labute approximate surface area is 120 Å². The number of thioether (sulfide) groups is 1. The summed E-state index contributed by atoms with van der Waals surface area (Å²) in [5.41, 5.74) is 0.0424. The Balaban J connectivity index is 2.22. The minimum absolute atomic E-state index is 0.0424. The van der Waals surface area contributed by atoms with E-state index in [4.69, 9.17) is 5.11 Å². The summed E-state index contributed by atoms with van der Waals surface area (Å²) in [6, 6.07) is 2.76. The summed E-state index contributed by atoms with van der Waals surface area (Å²) in [7, 11) is 0. The van der Waals surface area contributed by atoms with Gasteiger partial charge in [0.15, 0.2) is 0 Å². The number of carboxylic acid groups (broad SMARTS) is 1. The molecule has 1 fully saturated rings. The number of hydrogen-bond donors (Lipinski definition) is 1. The van der Waals surface area contributed by atoms with Crippen LogP contribution in [0.3, 0.4) is 0 Å². The largest absolute Gasteiger partial charge is 0.478 e. The molecule has 1 N–H and O–H groups in total. The van der Waals surface area contributed by atoms with E-state index in [9.17, 15) is 14.4 Å². The van der Waals surface area contributed by atoms with E-state index >= 15 is 0 Å². The second-order valence-electron chi connectivity index (χ2n) is 4.67. The summed E-state index contributed by atoms with van der Waals surface area (Å²) in [6.07, 6.45) is 1.55. The van der Waals surface area contributed by atoms with E-state index < -0.39 is 11.2 Å². The lowest BCUT2D eigenvalue weighted by molar-refractivity contribution is -0.140. The Morgan fingerprint density at radius 2 is 2.20 bits per heavy atom. The van der Waals surface area contributed by atoms with Crippen LogP contribution in [0.2, 0.25) is 0 Å². The van der Waals surface area contributed by atoms with Crippen molar-refractivity contribution in [3.8, 4) is 0 Å².